The van der Waals surface area contributed by atoms with Crippen molar-refractivity contribution in [1.82, 2.24) is 10.6 Å². The van der Waals surface area contributed by atoms with Crippen LogP contribution in [0.25, 0.3) is 0 Å². The van der Waals surface area contributed by atoms with Crippen LogP contribution in [0, 0.1) is 0 Å². The lowest BCUT2D eigenvalue weighted by Gasteiger charge is -2.24. The maximum Gasteiger partial charge on any atom is 0.314 e. The van der Waals surface area contributed by atoms with E-state index in [2.05, 4.69) is 10.6 Å². The number of ether oxygens (including phenoxy) is 1. The number of carbonyl (C=O) groups is 2. The Bertz CT molecular complexity index is 254. The summed E-state index contributed by atoms with van der Waals surface area (Å²) in [6.07, 6.45) is 0.488. The first-order valence-electron chi connectivity index (χ1n) is 5.75. The van der Waals surface area contributed by atoms with Gasteiger partial charge in [-0.3, -0.25) is 4.79 Å². The number of aliphatic carboxylic acids is 1. The molecule has 17 heavy (non-hydrogen) atoms. The summed E-state index contributed by atoms with van der Waals surface area (Å²) in [7, 11) is 0. The summed E-state index contributed by atoms with van der Waals surface area (Å²) < 4.78 is 5.42. The highest BCUT2D eigenvalue weighted by molar-refractivity contribution is 5.74. The topological polar surface area (TPSA) is 87.7 Å². The van der Waals surface area contributed by atoms with Crippen molar-refractivity contribution in [2.75, 3.05) is 19.7 Å². The lowest BCUT2D eigenvalue weighted by molar-refractivity contribution is -0.137. The van der Waals surface area contributed by atoms with Gasteiger partial charge in [-0.15, -0.1) is 0 Å². The van der Waals surface area contributed by atoms with Crippen molar-refractivity contribution in [2.24, 2.45) is 0 Å². The van der Waals surface area contributed by atoms with Crippen LogP contribution in [-0.4, -0.2) is 42.4 Å². The van der Waals surface area contributed by atoms with Gasteiger partial charge in [0.2, 0.25) is 0 Å². The van der Waals surface area contributed by atoms with E-state index in [1.807, 2.05) is 20.8 Å². The molecule has 6 heteroatoms. The zero-order valence-corrected chi connectivity index (χ0v) is 10.7. The van der Waals surface area contributed by atoms with Crippen molar-refractivity contribution in [1.29, 1.82) is 0 Å². The van der Waals surface area contributed by atoms with Crippen molar-refractivity contribution < 1.29 is 19.4 Å². The van der Waals surface area contributed by atoms with Crippen molar-refractivity contribution in [3.05, 3.63) is 0 Å². The highest BCUT2D eigenvalue weighted by Gasteiger charge is 2.18. The second-order valence-electron chi connectivity index (χ2n) is 4.30. The van der Waals surface area contributed by atoms with Gasteiger partial charge in [0.05, 0.1) is 5.60 Å². The third-order valence-electron chi connectivity index (χ3n) is 2.06. The number of carboxylic acid groups (broad SMARTS) is 1. The third-order valence-corrected chi connectivity index (χ3v) is 2.06. The van der Waals surface area contributed by atoms with Gasteiger partial charge in [-0.2, -0.15) is 0 Å². The summed E-state index contributed by atoms with van der Waals surface area (Å²) in [5.74, 6) is -0.857. The van der Waals surface area contributed by atoms with Gasteiger partial charge in [-0.1, -0.05) is 0 Å². The molecule has 0 spiro atoms. The Kier molecular flexibility index (Phi) is 7.29. The van der Waals surface area contributed by atoms with Crippen LogP contribution in [0.15, 0.2) is 0 Å². The number of nitrogens with one attached hydrogen (secondary N) is 2. The zero-order chi connectivity index (χ0) is 13.3. The molecule has 0 saturated carbocycles. The molecule has 0 aromatic heterocycles. The lowest BCUT2D eigenvalue weighted by Crippen LogP contribution is -2.45. The smallest absolute Gasteiger partial charge is 0.314 e. The molecule has 0 unspecified atom stereocenters. The number of hydrogen-bond acceptors (Lipinski definition) is 3. The first kappa shape index (κ1) is 15.7. The normalized spacial score (nSPS) is 11.0. The maximum absolute atomic E-state index is 11.3. The number of carbonyl (C=O) groups excluding carboxylic acids is 1. The fraction of sp³-hybridized carbons (Fsp3) is 0.818. The summed E-state index contributed by atoms with van der Waals surface area (Å²) in [5, 5.41) is 13.7. The summed E-state index contributed by atoms with van der Waals surface area (Å²) >= 11 is 0. The molecule has 0 saturated heterocycles. The Balaban J connectivity index is 3.62. The molecule has 0 fully saturated rings. The Hall–Kier alpha value is -1.30. The first-order chi connectivity index (χ1) is 7.87. The van der Waals surface area contributed by atoms with Crippen LogP contribution in [0.4, 0.5) is 4.79 Å². The van der Waals surface area contributed by atoms with E-state index in [1.54, 1.807) is 0 Å². The van der Waals surface area contributed by atoms with Crippen LogP contribution >= 0.6 is 0 Å². The van der Waals surface area contributed by atoms with Gasteiger partial charge < -0.3 is 20.5 Å². The van der Waals surface area contributed by atoms with Gasteiger partial charge in [0, 0.05) is 26.1 Å². The minimum Gasteiger partial charge on any atom is -0.481 e. The molecule has 0 rings (SSSR count). The van der Waals surface area contributed by atoms with Crippen molar-refractivity contribution >= 4 is 12.0 Å². The Morgan fingerprint density at radius 3 is 2.47 bits per heavy atom. The van der Waals surface area contributed by atoms with E-state index in [9.17, 15) is 9.59 Å². The van der Waals surface area contributed by atoms with E-state index in [-0.39, 0.29) is 12.5 Å². The molecular weight excluding hydrogens is 224 g/mol. The number of rotatable bonds is 8. The SMILES string of the molecule is CCOC(C)(C)CNC(=O)NCCCC(=O)O. The van der Waals surface area contributed by atoms with E-state index < -0.39 is 11.6 Å². The highest BCUT2D eigenvalue weighted by Crippen LogP contribution is 2.06. The Labute approximate surface area is 102 Å². The highest BCUT2D eigenvalue weighted by atomic mass is 16.5. The monoisotopic (exact) mass is 246 g/mol. The lowest BCUT2D eigenvalue weighted by atomic mass is 10.1. The van der Waals surface area contributed by atoms with Gasteiger partial charge in [-0.05, 0) is 27.2 Å². The largest absolute Gasteiger partial charge is 0.481 e. The van der Waals surface area contributed by atoms with E-state index in [4.69, 9.17) is 9.84 Å². The number of carboxylic acids is 1. The molecule has 0 aliphatic rings. The van der Waals surface area contributed by atoms with E-state index in [1.165, 1.54) is 0 Å². The van der Waals surface area contributed by atoms with E-state index in [0.717, 1.165) is 0 Å². The molecule has 6 nitrogen and oxygen atoms in total. The molecule has 0 atom stereocenters. The first-order valence-corrected chi connectivity index (χ1v) is 5.75. The summed E-state index contributed by atoms with van der Waals surface area (Å²) in [6.45, 7) is 7.03. The Morgan fingerprint density at radius 2 is 1.94 bits per heavy atom. The van der Waals surface area contributed by atoms with Crippen molar-refractivity contribution in [3.63, 3.8) is 0 Å². The van der Waals surface area contributed by atoms with Crippen LogP contribution in [0.5, 0.6) is 0 Å². The second kappa shape index (κ2) is 7.89. The minimum absolute atomic E-state index is 0.0602. The predicted molar refractivity (Wildman–Crippen MR) is 64.0 cm³/mol. The van der Waals surface area contributed by atoms with E-state index >= 15 is 0 Å². The quantitative estimate of drug-likeness (QED) is 0.557. The Morgan fingerprint density at radius 1 is 1.29 bits per heavy atom. The number of hydrogen-bond donors (Lipinski definition) is 3. The number of urea groups is 1. The van der Waals surface area contributed by atoms with Crippen molar-refractivity contribution in [2.45, 2.75) is 39.2 Å². The maximum atomic E-state index is 11.3. The predicted octanol–water partition coefficient (Wildman–Crippen LogP) is 0.965. The van der Waals surface area contributed by atoms with Crippen LogP contribution in [0.3, 0.4) is 0 Å². The molecule has 0 heterocycles. The minimum atomic E-state index is -0.857. The molecule has 0 aromatic rings. The van der Waals surface area contributed by atoms with Crippen molar-refractivity contribution in [3.8, 4) is 0 Å². The standard InChI is InChI=1S/C11H22N2O4/c1-4-17-11(2,3)8-13-10(16)12-7-5-6-9(14)15/h4-8H2,1-3H3,(H,14,15)(H2,12,13,16). The molecule has 0 aliphatic carbocycles. The summed E-state index contributed by atoms with van der Waals surface area (Å²) in [6, 6.07) is -0.303. The van der Waals surface area contributed by atoms with Crippen LogP contribution in [0.2, 0.25) is 0 Å². The fourth-order valence-corrected chi connectivity index (χ4v) is 1.24. The average Bonchev–Trinajstić information content (AvgIpc) is 2.21. The van der Waals surface area contributed by atoms with Gasteiger partial charge in [0.1, 0.15) is 0 Å². The molecule has 3 N–H and O–H groups in total. The molecule has 0 bridgehead atoms. The third kappa shape index (κ3) is 9.62. The summed E-state index contributed by atoms with van der Waals surface area (Å²) in [4.78, 5) is 21.5. The zero-order valence-electron chi connectivity index (χ0n) is 10.7. The van der Waals surface area contributed by atoms with Gasteiger partial charge in [-0.25, -0.2) is 4.79 Å². The fourth-order valence-electron chi connectivity index (χ4n) is 1.24. The summed E-state index contributed by atoms with van der Waals surface area (Å²) in [5.41, 5.74) is -0.396. The van der Waals surface area contributed by atoms with E-state index in [0.29, 0.717) is 26.1 Å². The van der Waals surface area contributed by atoms with Crippen LogP contribution in [-0.2, 0) is 9.53 Å². The molecule has 0 aliphatic heterocycles. The molecular formula is C11H22N2O4. The van der Waals surface area contributed by atoms with Gasteiger partial charge in [0.15, 0.2) is 0 Å². The van der Waals surface area contributed by atoms with Crippen LogP contribution < -0.4 is 10.6 Å². The molecule has 100 valence electrons. The number of amides is 2. The molecule has 0 radical (unpaired) electrons. The van der Waals surface area contributed by atoms with Gasteiger partial charge in [0.25, 0.3) is 0 Å². The average molecular weight is 246 g/mol. The molecule has 0 aromatic carbocycles. The van der Waals surface area contributed by atoms with Gasteiger partial charge >= 0.3 is 12.0 Å². The second-order valence-corrected chi connectivity index (χ2v) is 4.30. The van der Waals surface area contributed by atoms with Crippen LogP contribution in [0.1, 0.15) is 33.6 Å². The molecule has 2 amide bonds.